The number of Topliss-reactive ketones (excluding diaryl/α,β-unsaturated/α-hetero) is 2. The zero-order valence-corrected chi connectivity index (χ0v) is 12.5. The van der Waals surface area contributed by atoms with Gasteiger partial charge in [0.05, 0.1) is 24.7 Å². The zero-order chi connectivity index (χ0) is 16.9. The van der Waals surface area contributed by atoms with Gasteiger partial charge in [-0.05, 0) is 38.0 Å². The van der Waals surface area contributed by atoms with Crippen LogP contribution in [0.15, 0.2) is 16.9 Å². The van der Waals surface area contributed by atoms with Gasteiger partial charge >= 0.3 is 0 Å². The van der Waals surface area contributed by atoms with Crippen LogP contribution in [0.3, 0.4) is 0 Å². The van der Waals surface area contributed by atoms with Gasteiger partial charge in [0.2, 0.25) is 0 Å². The minimum atomic E-state index is -1.80. The van der Waals surface area contributed by atoms with E-state index >= 15 is 0 Å². The van der Waals surface area contributed by atoms with Crippen LogP contribution in [0, 0.1) is 13.8 Å². The number of aromatic nitrogens is 2. The molecule has 1 unspecified atom stereocenters. The Balaban J connectivity index is 2.33. The summed E-state index contributed by atoms with van der Waals surface area (Å²) < 4.78 is 9.59. The maximum absolute atomic E-state index is 12.9. The van der Waals surface area contributed by atoms with Crippen molar-refractivity contribution in [2.45, 2.75) is 39.1 Å². The molecule has 0 bridgehead atoms. The number of anilines is 1. The van der Waals surface area contributed by atoms with E-state index in [0.717, 1.165) is 10.1 Å². The third-order valence-corrected chi connectivity index (χ3v) is 3.91. The Bertz CT molecular complexity index is 919. The highest BCUT2D eigenvalue weighted by atomic mass is 16.2. The highest BCUT2D eigenvalue weighted by molar-refractivity contribution is 6.03. The van der Waals surface area contributed by atoms with Crippen molar-refractivity contribution in [1.29, 1.82) is 0 Å². The lowest BCUT2D eigenvalue weighted by Gasteiger charge is -2.24. The van der Waals surface area contributed by atoms with Crippen molar-refractivity contribution >= 4 is 28.2 Å². The number of carbonyl (C=O) groups is 2. The number of nitrogens with two attached hydrogens (primary N) is 1. The molecule has 1 heterocycles. The third-order valence-electron chi connectivity index (χ3n) is 3.91. The van der Waals surface area contributed by atoms with Gasteiger partial charge in [-0.3, -0.25) is 19.0 Å². The molecule has 1 atom stereocenters. The molecule has 0 spiro atoms. The normalized spacial score (nSPS) is 22.9. The smallest absolute Gasteiger partial charge is 0.264 e. The molecule has 1 saturated carbocycles. The van der Waals surface area contributed by atoms with E-state index in [1.807, 2.05) is 6.92 Å². The molecule has 1 aromatic heterocycles. The first kappa shape index (κ1) is 13.2. The van der Waals surface area contributed by atoms with Crippen molar-refractivity contribution in [3.63, 3.8) is 0 Å². The van der Waals surface area contributed by atoms with Crippen molar-refractivity contribution in [2.75, 3.05) is 5.73 Å². The number of nitrogen functional groups attached to an aromatic ring is 1. The van der Waals surface area contributed by atoms with E-state index in [4.69, 9.17) is 7.10 Å². The van der Waals surface area contributed by atoms with Crippen molar-refractivity contribution in [3.05, 3.63) is 33.9 Å². The fraction of sp³-hybridized carbons (Fsp3) is 0.375. The van der Waals surface area contributed by atoms with E-state index in [2.05, 4.69) is 4.98 Å². The number of carbonyl (C=O) groups excluding carboxylic acids is 2. The molecule has 0 aliphatic heterocycles. The minimum Gasteiger partial charge on any atom is -0.398 e. The molecule has 1 aliphatic rings. The standard InChI is InChI=1S/C16H17N3O3/c1-8-5-11(17)15-12(6-8)18-9(2)19(16(15)22)13-4-3-10(20)7-14(13)21/h5-6,13H,3-4,7,17H2,1-2H3/i13D. The lowest BCUT2D eigenvalue weighted by molar-refractivity contribution is -0.132. The summed E-state index contributed by atoms with van der Waals surface area (Å²) in [6.07, 6.45) is -0.246. The quantitative estimate of drug-likeness (QED) is 0.635. The predicted octanol–water partition coefficient (Wildman–Crippen LogP) is 1.46. The van der Waals surface area contributed by atoms with Crippen LogP contribution in [0.5, 0.6) is 0 Å². The van der Waals surface area contributed by atoms with Gasteiger partial charge < -0.3 is 5.73 Å². The molecule has 2 N–H and O–H groups in total. The SMILES string of the molecule is [2H]C1(n2c(C)nc3cc(C)cc(N)c3c2=O)CCC(=O)CC1=O. The molecule has 1 aromatic carbocycles. The number of nitrogens with zero attached hydrogens (tertiary/aromatic N) is 2. The average molecular weight is 300 g/mol. The van der Waals surface area contributed by atoms with Crippen LogP contribution in [-0.4, -0.2) is 21.1 Å². The summed E-state index contributed by atoms with van der Waals surface area (Å²) in [6, 6.07) is 1.61. The summed E-state index contributed by atoms with van der Waals surface area (Å²) >= 11 is 0. The number of aryl methyl sites for hydroxylation is 2. The van der Waals surface area contributed by atoms with Gasteiger partial charge in [-0.2, -0.15) is 0 Å². The molecule has 3 rings (SSSR count). The van der Waals surface area contributed by atoms with Gasteiger partial charge in [0.1, 0.15) is 11.6 Å². The molecule has 2 aromatic rings. The van der Waals surface area contributed by atoms with Gasteiger partial charge in [-0.15, -0.1) is 0 Å². The first-order valence-electron chi connectivity index (χ1n) is 7.59. The third kappa shape index (κ3) is 2.20. The predicted molar refractivity (Wildman–Crippen MR) is 82.8 cm³/mol. The van der Waals surface area contributed by atoms with Gasteiger partial charge in [-0.1, -0.05) is 0 Å². The van der Waals surface area contributed by atoms with Crippen LogP contribution in [0.25, 0.3) is 10.9 Å². The Morgan fingerprint density at radius 2 is 2.05 bits per heavy atom. The molecule has 6 heteroatoms. The van der Waals surface area contributed by atoms with Gasteiger partial charge in [0.25, 0.3) is 5.56 Å². The number of rotatable bonds is 1. The van der Waals surface area contributed by atoms with Crippen LogP contribution in [-0.2, 0) is 9.59 Å². The van der Waals surface area contributed by atoms with Crippen molar-refractivity contribution in [3.8, 4) is 0 Å². The van der Waals surface area contributed by atoms with Gasteiger partial charge in [0.15, 0.2) is 5.78 Å². The van der Waals surface area contributed by atoms with Crippen LogP contribution in [0.4, 0.5) is 5.69 Å². The van der Waals surface area contributed by atoms with E-state index in [1.165, 1.54) is 0 Å². The fourth-order valence-electron chi connectivity index (χ4n) is 2.92. The number of fused-ring (bicyclic) bond motifs is 1. The minimum absolute atomic E-state index is 0.0234. The summed E-state index contributed by atoms with van der Waals surface area (Å²) in [4.78, 5) is 41.0. The Hall–Kier alpha value is -2.50. The first-order valence-corrected chi connectivity index (χ1v) is 7.09. The molecule has 22 heavy (non-hydrogen) atoms. The molecule has 1 fully saturated rings. The number of ketones is 2. The zero-order valence-electron chi connectivity index (χ0n) is 13.5. The molecule has 0 radical (unpaired) electrons. The van der Waals surface area contributed by atoms with E-state index in [1.54, 1.807) is 19.1 Å². The molecule has 0 amide bonds. The highest BCUT2D eigenvalue weighted by Gasteiger charge is 2.30. The number of hydrogen-bond acceptors (Lipinski definition) is 5. The van der Waals surface area contributed by atoms with E-state index in [0.29, 0.717) is 5.52 Å². The molecular weight excluding hydrogens is 282 g/mol. The Morgan fingerprint density at radius 3 is 2.73 bits per heavy atom. The Kier molecular flexibility index (Phi) is 3.03. The summed E-state index contributed by atoms with van der Waals surface area (Å²) in [6.45, 7) is 3.43. The van der Waals surface area contributed by atoms with Crippen LogP contribution in [0.1, 0.15) is 38.0 Å². The lowest BCUT2D eigenvalue weighted by atomic mass is 9.92. The van der Waals surface area contributed by atoms with Crippen molar-refractivity contribution < 1.29 is 11.0 Å². The monoisotopic (exact) mass is 300 g/mol. The Morgan fingerprint density at radius 1 is 1.32 bits per heavy atom. The van der Waals surface area contributed by atoms with Crippen LogP contribution in [0.2, 0.25) is 0 Å². The first-order chi connectivity index (χ1) is 10.7. The van der Waals surface area contributed by atoms with E-state index in [9.17, 15) is 14.4 Å². The van der Waals surface area contributed by atoms with Gasteiger partial charge in [-0.25, -0.2) is 4.98 Å². The molecule has 1 aliphatic carbocycles. The molecular formula is C16H17N3O3. The second-order valence-corrected chi connectivity index (χ2v) is 5.63. The lowest BCUT2D eigenvalue weighted by Crippen LogP contribution is -2.36. The average Bonchev–Trinajstić information content (AvgIpc) is 2.42. The van der Waals surface area contributed by atoms with E-state index < -0.39 is 17.4 Å². The largest absolute Gasteiger partial charge is 0.398 e. The van der Waals surface area contributed by atoms with Gasteiger partial charge in [0, 0.05) is 12.1 Å². The fourth-order valence-corrected chi connectivity index (χ4v) is 2.92. The number of benzene rings is 1. The van der Waals surface area contributed by atoms with E-state index in [-0.39, 0.29) is 41.9 Å². The second kappa shape index (κ2) is 5.05. The maximum Gasteiger partial charge on any atom is 0.264 e. The second-order valence-electron chi connectivity index (χ2n) is 5.63. The van der Waals surface area contributed by atoms with Crippen molar-refractivity contribution in [2.24, 2.45) is 0 Å². The topological polar surface area (TPSA) is 95.1 Å². The summed E-state index contributed by atoms with van der Waals surface area (Å²) in [5, 5.41) is 0.206. The summed E-state index contributed by atoms with van der Waals surface area (Å²) in [7, 11) is 0. The maximum atomic E-state index is 12.9. The molecule has 114 valence electrons. The van der Waals surface area contributed by atoms with Crippen LogP contribution < -0.4 is 11.3 Å². The number of hydrogen-bond donors (Lipinski definition) is 1. The molecule has 0 saturated heterocycles. The summed E-state index contributed by atoms with van der Waals surface area (Å²) in [5.74, 6) is -0.511. The Labute approximate surface area is 128 Å². The van der Waals surface area contributed by atoms with Crippen molar-refractivity contribution in [1.82, 2.24) is 9.55 Å². The highest BCUT2D eigenvalue weighted by Crippen LogP contribution is 2.25. The molecule has 6 nitrogen and oxygen atoms in total. The summed E-state index contributed by atoms with van der Waals surface area (Å²) in [5.41, 5.74) is 7.04. The van der Waals surface area contributed by atoms with Crippen LogP contribution >= 0.6 is 0 Å².